The molecular weight excluding hydrogens is 360 g/mol. The van der Waals surface area contributed by atoms with E-state index in [1.165, 1.54) is 0 Å². The largest absolute Gasteiger partial charge is 0.368 e. The fourth-order valence-electron chi connectivity index (χ4n) is 3.04. The van der Waals surface area contributed by atoms with E-state index in [-0.39, 0.29) is 0 Å². The van der Waals surface area contributed by atoms with E-state index in [4.69, 9.17) is 16.6 Å². The van der Waals surface area contributed by atoms with Crippen molar-refractivity contribution in [3.63, 3.8) is 0 Å². The van der Waals surface area contributed by atoms with Crippen LogP contribution in [0.1, 0.15) is 23.0 Å². The van der Waals surface area contributed by atoms with Crippen LogP contribution in [0.25, 0.3) is 16.9 Å². The van der Waals surface area contributed by atoms with Crippen molar-refractivity contribution in [2.24, 2.45) is 0 Å². The highest BCUT2D eigenvalue weighted by atomic mass is 35.5. The number of aliphatic hydroxyl groups excluding tert-OH is 1. The number of pyridine rings is 2. The Morgan fingerprint density at radius 1 is 1.04 bits per heavy atom. The zero-order valence-electron chi connectivity index (χ0n) is 15.0. The summed E-state index contributed by atoms with van der Waals surface area (Å²) < 4.78 is 1.89. The van der Waals surface area contributed by atoms with Gasteiger partial charge >= 0.3 is 0 Å². The lowest BCUT2D eigenvalue weighted by atomic mass is 10.1. The maximum atomic E-state index is 11.0. The van der Waals surface area contributed by atoms with Gasteiger partial charge in [0.05, 0.1) is 16.4 Å². The summed E-state index contributed by atoms with van der Waals surface area (Å²) in [5, 5.41) is 14.6. The molecule has 3 aromatic heterocycles. The number of aromatic nitrogens is 3. The molecule has 5 nitrogen and oxygen atoms in total. The van der Waals surface area contributed by atoms with E-state index < -0.39 is 6.23 Å². The molecule has 0 radical (unpaired) electrons. The van der Waals surface area contributed by atoms with Crippen LogP contribution >= 0.6 is 11.6 Å². The number of aryl methyl sites for hydroxylation is 2. The molecular formula is C21H19ClN4O. The first-order valence-corrected chi connectivity index (χ1v) is 9.01. The van der Waals surface area contributed by atoms with Crippen LogP contribution in [0.2, 0.25) is 5.02 Å². The van der Waals surface area contributed by atoms with E-state index in [1.807, 2.05) is 73.0 Å². The third kappa shape index (κ3) is 3.39. The predicted molar refractivity (Wildman–Crippen MR) is 108 cm³/mol. The van der Waals surface area contributed by atoms with Crippen LogP contribution in [0.15, 0.2) is 60.9 Å². The third-order valence-corrected chi connectivity index (χ3v) is 4.72. The summed E-state index contributed by atoms with van der Waals surface area (Å²) in [6.45, 7) is 3.97. The van der Waals surface area contributed by atoms with Gasteiger partial charge in [0.2, 0.25) is 0 Å². The average molecular weight is 379 g/mol. The van der Waals surface area contributed by atoms with Gasteiger partial charge in [-0.05, 0) is 43.2 Å². The second kappa shape index (κ2) is 7.02. The van der Waals surface area contributed by atoms with Crippen molar-refractivity contribution in [3.8, 4) is 11.3 Å². The molecule has 0 saturated carbocycles. The molecule has 0 spiro atoms. The zero-order valence-corrected chi connectivity index (χ0v) is 15.8. The Morgan fingerprint density at radius 3 is 2.56 bits per heavy atom. The summed E-state index contributed by atoms with van der Waals surface area (Å²) >= 11 is 6.41. The van der Waals surface area contributed by atoms with Crippen LogP contribution in [0.3, 0.4) is 0 Å². The van der Waals surface area contributed by atoms with Crippen molar-refractivity contribution in [2.45, 2.75) is 20.1 Å². The molecule has 0 saturated heterocycles. The highest BCUT2D eigenvalue weighted by Gasteiger charge is 2.22. The van der Waals surface area contributed by atoms with Gasteiger partial charge in [0, 0.05) is 18.0 Å². The smallest absolute Gasteiger partial charge is 0.169 e. The van der Waals surface area contributed by atoms with Gasteiger partial charge in [0.15, 0.2) is 6.23 Å². The molecule has 6 heteroatoms. The van der Waals surface area contributed by atoms with Crippen molar-refractivity contribution >= 4 is 23.1 Å². The lowest BCUT2D eigenvalue weighted by Gasteiger charge is -2.16. The summed E-state index contributed by atoms with van der Waals surface area (Å²) in [5.74, 6) is 0.584. The van der Waals surface area contributed by atoms with E-state index in [2.05, 4.69) is 10.3 Å². The number of fused-ring (bicyclic) bond motifs is 1. The first-order valence-electron chi connectivity index (χ1n) is 8.64. The SMILES string of the molecule is Cc1ccc(NC(O)c2c(-c3ccccc3Cl)nc3ccc(C)cn23)nc1. The maximum Gasteiger partial charge on any atom is 0.169 e. The molecule has 0 fully saturated rings. The number of imidazole rings is 1. The minimum absolute atomic E-state index is 0.583. The topological polar surface area (TPSA) is 62.5 Å². The van der Waals surface area contributed by atoms with Crippen LogP contribution in [0.4, 0.5) is 5.82 Å². The molecule has 0 bridgehead atoms. The number of anilines is 1. The Balaban J connectivity index is 1.86. The lowest BCUT2D eigenvalue weighted by Crippen LogP contribution is -2.14. The summed E-state index contributed by atoms with van der Waals surface area (Å²) in [4.78, 5) is 9.04. The van der Waals surface area contributed by atoms with Crippen molar-refractivity contribution in [1.82, 2.24) is 14.4 Å². The van der Waals surface area contributed by atoms with Gasteiger partial charge in [0.25, 0.3) is 0 Å². The summed E-state index contributed by atoms with van der Waals surface area (Å²) in [7, 11) is 0. The minimum atomic E-state index is -1.01. The van der Waals surface area contributed by atoms with Crippen molar-refractivity contribution in [3.05, 3.63) is 82.8 Å². The van der Waals surface area contributed by atoms with Crippen LogP contribution in [0, 0.1) is 13.8 Å². The first-order chi connectivity index (χ1) is 13.0. The molecule has 0 aliphatic carbocycles. The number of benzene rings is 1. The van der Waals surface area contributed by atoms with Crippen LogP contribution in [0.5, 0.6) is 0 Å². The molecule has 1 aromatic carbocycles. The summed E-state index contributed by atoms with van der Waals surface area (Å²) in [6.07, 6.45) is 2.69. The molecule has 1 unspecified atom stereocenters. The summed E-state index contributed by atoms with van der Waals surface area (Å²) in [5.41, 5.74) is 4.88. The number of rotatable bonds is 4. The molecule has 3 heterocycles. The highest BCUT2D eigenvalue weighted by molar-refractivity contribution is 6.33. The number of aliphatic hydroxyl groups is 1. The van der Waals surface area contributed by atoms with Gasteiger partial charge in [0.1, 0.15) is 11.5 Å². The number of nitrogens with one attached hydrogen (secondary N) is 1. The maximum absolute atomic E-state index is 11.0. The molecule has 0 aliphatic rings. The van der Waals surface area contributed by atoms with Gasteiger partial charge in [-0.15, -0.1) is 0 Å². The Hall–Kier alpha value is -2.89. The number of hydrogen-bond donors (Lipinski definition) is 2. The second-order valence-corrected chi connectivity index (χ2v) is 6.94. The molecule has 4 aromatic rings. The van der Waals surface area contributed by atoms with E-state index in [1.54, 1.807) is 6.20 Å². The molecule has 4 rings (SSSR count). The van der Waals surface area contributed by atoms with Crippen molar-refractivity contribution in [2.75, 3.05) is 5.32 Å². The highest BCUT2D eigenvalue weighted by Crippen LogP contribution is 2.34. The zero-order chi connectivity index (χ0) is 19.0. The third-order valence-electron chi connectivity index (χ3n) is 4.39. The molecule has 0 amide bonds. The van der Waals surface area contributed by atoms with E-state index in [0.29, 0.717) is 22.2 Å². The number of halogens is 1. The monoisotopic (exact) mass is 378 g/mol. The fraction of sp³-hybridized carbons (Fsp3) is 0.143. The van der Waals surface area contributed by atoms with E-state index >= 15 is 0 Å². The van der Waals surface area contributed by atoms with Gasteiger partial charge in [-0.2, -0.15) is 0 Å². The van der Waals surface area contributed by atoms with Crippen molar-refractivity contribution < 1.29 is 5.11 Å². The Morgan fingerprint density at radius 2 is 1.81 bits per heavy atom. The Bertz CT molecular complexity index is 1110. The molecule has 0 aliphatic heterocycles. The number of hydrogen-bond acceptors (Lipinski definition) is 4. The van der Waals surface area contributed by atoms with E-state index in [9.17, 15) is 5.11 Å². The van der Waals surface area contributed by atoms with Crippen LogP contribution in [-0.4, -0.2) is 19.5 Å². The quantitative estimate of drug-likeness (QED) is 0.502. The predicted octanol–water partition coefficient (Wildman–Crippen LogP) is 4.77. The second-order valence-electron chi connectivity index (χ2n) is 6.53. The average Bonchev–Trinajstić information content (AvgIpc) is 3.02. The molecule has 1 atom stereocenters. The van der Waals surface area contributed by atoms with Crippen molar-refractivity contribution in [1.29, 1.82) is 0 Å². The lowest BCUT2D eigenvalue weighted by molar-refractivity contribution is 0.202. The van der Waals surface area contributed by atoms with Gasteiger partial charge < -0.3 is 10.4 Å². The van der Waals surface area contributed by atoms with E-state index in [0.717, 1.165) is 22.3 Å². The fourth-order valence-corrected chi connectivity index (χ4v) is 3.27. The Kier molecular flexibility index (Phi) is 4.56. The standard InChI is InChI=1S/C21H19ClN4O/c1-13-7-9-17(23-11-13)24-21(27)20-19(15-5-3-4-6-16(15)22)25-18-10-8-14(2)12-26(18)20/h3-12,21,27H,1-2H3,(H,23,24). The molecule has 27 heavy (non-hydrogen) atoms. The van der Waals surface area contributed by atoms with Gasteiger partial charge in [-0.25, -0.2) is 9.97 Å². The Labute approximate surface area is 162 Å². The van der Waals surface area contributed by atoms with Gasteiger partial charge in [-0.3, -0.25) is 4.40 Å². The number of nitrogens with zero attached hydrogens (tertiary/aromatic N) is 3. The minimum Gasteiger partial charge on any atom is -0.368 e. The molecule has 136 valence electrons. The van der Waals surface area contributed by atoms with Crippen LogP contribution in [-0.2, 0) is 0 Å². The normalized spacial score (nSPS) is 12.3. The van der Waals surface area contributed by atoms with Crippen LogP contribution < -0.4 is 5.32 Å². The first kappa shape index (κ1) is 17.5. The van der Waals surface area contributed by atoms with Gasteiger partial charge in [-0.1, -0.05) is 41.9 Å². The summed E-state index contributed by atoms with van der Waals surface area (Å²) in [6, 6.07) is 15.2. The molecule has 2 N–H and O–H groups in total.